The molecule has 0 radical (unpaired) electrons. The highest BCUT2D eigenvalue weighted by atomic mass is 14.9. The highest BCUT2D eigenvalue weighted by Crippen LogP contribution is 2.32. The molecule has 0 atom stereocenters. The van der Waals surface area contributed by atoms with E-state index in [-0.39, 0.29) is 0 Å². The summed E-state index contributed by atoms with van der Waals surface area (Å²) < 4.78 is 0. The lowest BCUT2D eigenvalue weighted by Gasteiger charge is -2.04. The van der Waals surface area contributed by atoms with E-state index in [1.165, 1.54) is 16.7 Å². The Hall–Kier alpha value is -2.35. The third-order valence-corrected chi connectivity index (χ3v) is 3.93. The molecule has 3 rings (SSSR count). The Morgan fingerprint density at radius 3 is 1.77 bits per heavy atom. The van der Waals surface area contributed by atoms with Gasteiger partial charge in [-0.3, -0.25) is 0 Å². The average molecular weight is 290 g/mol. The zero-order chi connectivity index (χ0) is 15.7. The highest BCUT2D eigenvalue weighted by Gasteiger charge is 2.15. The van der Waals surface area contributed by atoms with Crippen molar-refractivity contribution in [3.63, 3.8) is 0 Å². The number of nitrogens with zero attached hydrogens (tertiary/aromatic N) is 1. The van der Waals surface area contributed by atoms with Gasteiger partial charge in [0.2, 0.25) is 0 Å². The topological polar surface area (TPSA) is 28.7 Å². The van der Waals surface area contributed by atoms with Gasteiger partial charge in [0.05, 0.1) is 11.4 Å². The summed E-state index contributed by atoms with van der Waals surface area (Å²) in [6.07, 6.45) is 0. The molecule has 22 heavy (non-hydrogen) atoms. The Kier molecular flexibility index (Phi) is 3.84. The molecule has 0 saturated carbocycles. The fraction of sp³-hybridized carbons (Fsp3) is 0.250. The van der Waals surface area contributed by atoms with Gasteiger partial charge in [-0.15, -0.1) is 0 Å². The van der Waals surface area contributed by atoms with Crippen LogP contribution in [0, 0.1) is 13.8 Å². The summed E-state index contributed by atoms with van der Waals surface area (Å²) in [7, 11) is 0. The number of H-pyrrole nitrogens is 1. The third-order valence-electron chi connectivity index (χ3n) is 3.93. The van der Waals surface area contributed by atoms with E-state index in [1.807, 2.05) is 0 Å². The van der Waals surface area contributed by atoms with Gasteiger partial charge < -0.3 is 4.98 Å². The maximum atomic E-state index is 4.85. The summed E-state index contributed by atoms with van der Waals surface area (Å²) in [6, 6.07) is 17.2. The van der Waals surface area contributed by atoms with Crippen LogP contribution in [0.1, 0.15) is 36.7 Å². The van der Waals surface area contributed by atoms with Crippen LogP contribution in [0.5, 0.6) is 0 Å². The maximum absolute atomic E-state index is 4.85. The summed E-state index contributed by atoms with van der Waals surface area (Å²) in [5.74, 6) is 1.41. The van der Waals surface area contributed by atoms with E-state index in [2.05, 4.69) is 81.2 Å². The first-order chi connectivity index (χ1) is 10.5. The normalized spacial score (nSPS) is 11.1. The molecule has 0 aliphatic rings. The van der Waals surface area contributed by atoms with Gasteiger partial charge in [-0.2, -0.15) is 0 Å². The molecule has 0 aliphatic heterocycles. The van der Waals surface area contributed by atoms with Crippen LogP contribution in [0.3, 0.4) is 0 Å². The number of aryl methyl sites for hydroxylation is 2. The van der Waals surface area contributed by atoms with Crippen molar-refractivity contribution in [2.45, 2.75) is 33.6 Å². The number of hydrogen-bond donors (Lipinski definition) is 1. The van der Waals surface area contributed by atoms with Crippen molar-refractivity contribution >= 4 is 0 Å². The fourth-order valence-corrected chi connectivity index (χ4v) is 2.51. The predicted molar refractivity (Wildman–Crippen MR) is 93.0 cm³/mol. The molecule has 2 heteroatoms. The molecule has 0 saturated heterocycles. The molecule has 0 spiro atoms. The summed E-state index contributed by atoms with van der Waals surface area (Å²) in [6.45, 7) is 8.54. The van der Waals surface area contributed by atoms with Crippen molar-refractivity contribution in [2.24, 2.45) is 0 Å². The monoisotopic (exact) mass is 290 g/mol. The molecule has 1 N–H and O–H groups in total. The van der Waals surface area contributed by atoms with Gasteiger partial charge in [-0.25, -0.2) is 4.98 Å². The molecule has 112 valence electrons. The summed E-state index contributed by atoms with van der Waals surface area (Å²) in [4.78, 5) is 8.37. The van der Waals surface area contributed by atoms with Crippen molar-refractivity contribution < 1.29 is 0 Å². The van der Waals surface area contributed by atoms with Gasteiger partial charge in [0.15, 0.2) is 0 Å². The van der Waals surface area contributed by atoms with Gasteiger partial charge >= 0.3 is 0 Å². The van der Waals surface area contributed by atoms with Crippen LogP contribution in [0.2, 0.25) is 0 Å². The van der Waals surface area contributed by atoms with Gasteiger partial charge in [-0.05, 0) is 13.8 Å². The second-order valence-electron chi connectivity index (χ2n) is 6.23. The van der Waals surface area contributed by atoms with E-state index < -0.39 is 0 Å². The molecule has 0 unspecified atom stereocenters. The number of imidazole rings is 1. The van der Waals surface area contributed by atoms with Crippen molar-refractivity contribution in [1.82, 2.24) is 9.97 Å². The molecular formula is C20H22N2. The zero-order valence-corrected chi connectivity index (χ0v) is 13.6. The average Bonchev–Trinajstić information content (AvgIpc) is 2.94. The smallest absolute Gasteiger partial charge is 0.109 e. The van der Waals surface area contributed by atoms with Crippen LogP contribution >= 0.6 is 0 Å². The largest absolute Gasteiger partial charge is 0.341 e. The predicted octanol–water partition coefficient (Wildman–Crippen LogP) is 5.48. The number of hydrogen-bond acceptors (Lipinski definition) is 1. The van der Waals surface area contributed by atoms with Gasteiger partial charge in [-0.1, -0.05) is 73.5 Å². The minimum absolute atomic E-state index is 0.378. The van der Waals surface area contributed by atoms with Gasteiger partial charge in [0, 0.05) is 17.0 Å². The summed E-state index contributed by atoms with van der Waals surface area (Å²) in [5, 5.41) is 0. The third kappa shape index (κ3) is 2.82. The first kappa shape index (κ1) is 14.6. The molecule has 1 aromatic heterocycles. The van der Waals surface area contributed by atoms with Crippen molar-refractivity contribution in [3.8, 4) is 22.5 Å². The number of benzene rings is 2. The van der Waals surface area contributed by atoms with Crippen LogP contribution in [-0.4, -0.2) is 9.97 Å². The van der Waals surface area contributed by atoms with Crippen LogP contribution in [0.15, 0.2) is 48.5 Å². The van der Waals surface area contributed by atoms with Crippen LogP contribution in [-0.2, 0) is 0 Å². The van der Waals surface area contributed by atoms with Crippen molar-refractivity contribution in [3.05, 3.63) is 65.5 Å². The van der Waals surface area contributed by atoms with Gasteiger partial charge in [0.1, 0.15) is 5.82 Å². The summed E-state index contributed by atoms with van der Waals surface area (Å²) in [5.41, 5.74) is 7.01. The lowest BCUT2D eigenvalue weighted by Crippen LogP contribution is -1.89. The second kappa shape index (κ2) is 5.80. The van der Waals surface area contributed by atoms with Crippen molar-refractivity contribution in [2.75, 3.05) is 0 Å². The van der Waals surface area contributed by atoms with E-state index in [0.29, 0.717) is 5.92 Å². The second-order valence-corrected chi connectivity index (χ2v) is 6.23. The standard InChI is InChI=1S/C20H22N2/c1-13(2)20-21-18(16-9-5-14(3)6-10-16)19(22-20)17-11-7-15(4)8-12-17/h5-13H,1-4H3,(H,21,22). The van der Waals surface area contributed by atoms with E-state index in [9.17, 15) is 0 Å². The molecule has 3 aromatic rings. The number of nitrogens with one attached hydrogen (secondary N) is 1. The van der Waals surface area contributed by atoms with E-state index in [0.717, 1.165) is 22.8 Å². The number of aromatic amines is 1. The van der Waals surface area contributed by atoms with Crippen molar-refractivity contribution in [1.29, 1.82) is 0 Å². The molecule has 0 fully saturated rings. The first-order valence-electron chi connectivity index (χ1n) is 7.78. The van der Waals surface area contributed by atoms with Gasteiger partial charge in [0.25, 0.3) is 0 Å². The van der Waals surface area contributed by atoms with Crippen LogP contribution < -0.4 is 0 Å². The van der Waals surface area contributed by atoms with E-state index in [1.54, 1.807) is 0 Å². The molecule has 0 aliphatic carbocycles. The fourth-order valence-electron chi connectivity index (χ4n) is 2.51. The maximum Gasteiger partial charge on any atom is 0.109 e. The SMILES string of the molecule is Cc1ccc(-c2nc(C(C)C)[nH]c2-c2ccc(C)cc2)cc1. The van der Waals surface area contributed by atoms with Crippen LogP contribution in [0.25, 0.3) is 22.5 Å². The number of aromatic nitrogens is 2. The Morgan fingerprint density at radius 1 is 0.773 bits per heavy atom. The lowest BCUT2D eigenvalue weighted by atomic mass is 10.0. The molecule has 0 amide bonds. The van der Waals surface area contributed by atoms with E-state index >= 15 is 0 Å². The molecular weight excluding hydrogens is 268 g/mol. The Labute approximate surface area is 132 Å². The molecule has 0 bridgehead atoms. The molecule has 2 nitrogen and oxygen atoms in total. The Balaban J connectivity index is 2.15. The van der Waals surface area contributed by atoms with E-state index in [4.69, 9.17) is 4.98 Å². The first-order valence-corrected chi connectivity index (χ1v) is 7.78. The number of rotatable bonds is 3. The molecule has 2 aromatic carbocycles. The minimum atomic E-state index is 0.378. The summed E-state index contributed by atoms with van der Waals surface area (Å²) >= 11 is 0. The zero-order valence-electron chi connectivity index (χ0n) is 13.6. The Morgan fingerprint density at radius 2 is 1.27 bits per heavy atom. The van der Waals surface area contributed by atoms with Crippen LogP contribution in [0.4, 0.5) is 0 Å². The quantitative estimate of drug-likeness (QED) is 0.679. The molecule has 1 heterocycles. The Bertz CT molecular complexity index is 699. The minimum Gasteiger partial charge on any atom is -0.341 e. The lowest BCUT2D eigenvalue weighted by molar-refractivity contribution is 0.795. The highest BCUT2D eigenvalue weighted by molar-refractivity contribution is 5.78.